The van der Waals surface area contributed by atoms with Crippen LogP contribution in [0.2, 0.25) is 0 Å². The molecule has 1 aliphatic rings. The Morgan fingerprint density at radius 1 is 1.29 bits per heavy atom. The number of para-hydroxylation sites is 1. The Kier molecular flexibility index (Phi) is 5.62. The normalized spacial score (nSPS) is 21.9. The molecule has 1 aliphatic carbocycles. The van der Waals surface area contributed by atoms with Gasteiger partial charge in [-0.25, -0.2) is 0 Å². The van der Waals surface area contributed by atoms with Gasteiger partial charge in [0.1, 0.15) is 5.75 Å². The number of ether oxygens (including phenoxy) is 1. The van der Waals surface area contributed by atoms with Crippen LogP contribution < -0.4 is 10.1 Å². The molecule has 21 heavy (non-hydrogen) atoms. The van der Waals surface area contributed by atoms with Crippen molar-refractivity contribution in [2.75, 3.05) is 13.2 Å². The Morgan fingerprint density at radius 2 is 1.95 bits per heavy atom. The number of hydrogen-bond donors (Lipinski definition) is 2. The van der Waals surface area contributed by atoms with Gasteiger partial charge in [-0.2, -0.15) is 0 Å². The molecule has 2 rings (SSSR count). The zero-order valence-electron chi connectivity index (χ0n) is 12.9. The minimum atomic E-state index is -0.108. The molecule has 1 aromatic rings. The summed E-state index contributed by atoms with van der Waals surface area (Å²) in [6.45, 7) is 4.12. The first-order valence-electron chi connectivity index (χ1n) is 7.71. The molecule has 1 saturated carbocycles. The third kappa shape index (κ3) is 4.21. The van der Waals surface area contributed by atoms with E-state index in [0.29, 0.717) is 0 Å². The highest BCUT2D eigenvalue weighted by Crippen LogP contribution is 2.24. The van der Waals surface area contributed by atoms with Crippen molar-refractivity contribution in [1.29, 1.82) is 0 Å². The van der Waals surface area contributed by atoms with Crippen molar-refractivity contribution in [1.82, 2.24) is 5.32 Å². The second-order valence-corrected chi connectivity index (χ2v) is 5.91. The molecule has 0 aromatic heterocycles. The Balaban J connectivity index is 1.87. The number of carbonyl (C=O) groups is 1. The van der Waals surface area contributed by atoms with Gasteiger partial charge in [-0.3, -0.25) is 4.79 Å². The standard InChI is InChI=1S/C17H25NO3/c1-12-6-5-7-13(2)17(12)21-11-16(20)18-15-9-4-3-8-14(15)10-19/h5-7,14-15,19H,3-4,8-11H2,1-2H3,(H,18,20). The zero-order valence-corrected chi connectivity index (χ0v) is 12.9. The molecule has 2 N–H and O–H groups in total. The highest BCUT2D eigenvalue weighted by molar-refractivity contribution is 5.78. The number of nitrogens with one attached hydrogen (secondary N) is 1. The van der Waals surface area contributed by atoms with Crippen LogP contribution in [0.25, 0.3) is 0 Å². The van der Waals surface area contributed by atoms with Crippen LogP contribution in [0.5, 0.6) is 5.75 Å². The first kappa shape index (κ1) is 15.8. The lowest BCUT2D eigenvalue weighted by atomic mass is 9.85. The minimum Gasteiger partial charge on any atom is -0.483 e. The number of amides is 1. The molecule has 2 atom stereocenters. The zero-order chi connectivity index (χ0) is 15.2. The van der Waals surface area contributed by atoms with Gasteiger partial charge < -0.3 is 15.2 Å². The van der Waals surface area contributed by atoms with E-state index in [2.05, 4.69) is 5.32 Å². The van der Waals surface area contributed by atoms with Crippen LogP contribution in [-0.2, 0) is 4.79 Å². The van der Waals surface area contributed by atoms with Crippen LogP contribution in [0.1, 0.15) is 36.8 Å². The molecule has 0 aliphatic heterocycles. The van der Waals surface area contributed by atoms with Crippen LogP contribution in [0.3, 0.4) is 0 Å². The van der Waals surface area contributed by atoms with Crippen LogP contribution in [0, 0.1) is 19.8 Å². The predicted molar refractivity (Wildman–Crippen MR) is 82.4 cm³/mol. The lowest BCUT2D eigenvalue weighted by Gasteiger charge is -2.30. The van der Waals surface area contributed by atoms with Gasteiger partial charge in [0.05, 0.1) is 0 Å². The fourth-order valence-electron chi connectivity index (χ4n) is 3.03. The molecule has 116 valence electrons. The highest BCUT2D eigenvalue weighted by atomic mass is 16.5. The van der Waals surface area contributed by atoms with E-state index in [0.717, 1.165) is 42.6 Å². The fourth-order valence-corrected chi connectivity index (χ4v) is 3.03. The average molecular weight is 291 g/mol. The van der Waals surface area contributed by atoms with Crippen molar-refractivity contribution in [2.24, 2.45) is 5.92 Å². The van der Waals surface area contributed by atoms with E-state index in [1.807, 2.05) is 32.0 Å². The molecule has 0 bridgehead atoms. The Morgan fingerprint density at radius 3 is 2.62 bits per heavy atom. The third-order valence-electron chi connectivity index (χ3n) is 4.25. The van der Waals surface area contributed by atoms with Gasteiger partial charge in [-0.05, 0) is 37.8 Å². The van der Waals surface area contributed by atoms with Gasteiger partial charge in [0.2, 0.25) is 0 Å². The molecule has 4 heteroatoms. The average Bonchev–Trinajstić information content (AvgIpc) is 2.47. The Labute approximate surface area is 126 Å². The quantitative estimate of drug-likeness (QED) is 0.875. The number of hydrogen-bond acceptors (Lipinski definition) is 3. The molecule has 0 spiro atoms. The van der Waals surface area contributed by atoms with Crippen LogP contribution in [0.15, 0.2) is 18.2 Å². The summed E-state index contributed by atoms with van der Waals surface area (Å²) < 4.78 is 5.67. The van der Waals surface area contributed by atoms with E-state index < -0.39 is 0 Å². The molecule has 0 saturated heterocycles. The van der Waals surface area contributed by atoms with Crippen molar-refractivity contribution >= 4 is 5.91 Å². The summed E-state index contributed by atoms with van der Waals surface area (Å²) in [6.07, 6.45) is 4.18. The van der Waals surface area contributed by atoms with Crippen molar-refractivity contribution in [3.05, 3.63) is 29.3 Å². The number of aliphatic hydroxyl groups is 1. The summed E-state index contributed by atoms with van der Waals surface area (Å²) in [5.74, 6) is 0.862. The maximum absolute atomic E-state index is 12.1. The maximum atomic E-state index is 12.1. The number of benzene rings is 1. The van der Waals surface area contributed by atoms with Crippen molar-refractivity contribution < 1.29 is 14.6 Å². The summed E-state index contributed by atoms with van der Waals surface area (Å²) in [4.78, 5) is 12.1. The smallest absolute Gasteiger partial charge is 0.258 e. The van der Waals surface area contributed by atoms with Gasteiger partial charge in [0, 0.05) is 18.6 Å². The van der Waals surface area contributed by atoms with Crippen LogP contribution in [-0.4, -0.2) is 30.3 Å². The fraction of sp³-hybridized carbons (Fsp3) is 0.588. The van der Waals surface area contributed by atoms with Gasteiger partial charge >= 0.3 is 0 Å². The van der Waals surface area contributed by atoms with Gasteiger partial charge in [0.25, 0.3) is 5.91 Å². The number of aryl methyl sites for hydroxylation is 2. The number of carbonyl (C=O) groups excluding carboxylic acids is 1. The van der Waals surface area contributed by atoms with E-state index in [1.54, 1.807) is 0 Å². The second kappa shape index (κ2) is 7.46. The van der Waals surface area contributed by atoms with Gasteiger partial charge in [-0.15, -0.1) is 0 Å². The molecule has 4 nitrogen and oxygen atoms in total. The SMILES string of the molecule is Cc1cccc(C)c1OCC(=O)NC1CCCCC1CO. The molecule has 0 heterocycles. The molecule has 1 aromatic carbocycles. The summed E-state index contributed by atoms with van der Waals surface area (Å²) in [5.41, 5.74) is 2.07. The molecule has 2 unspecified atom stereocenters. The second-order valence-electron chi connectivity index (χ2n) is 5.91. The highest BCUT2D eigenvalue weighted by Gasteiger charge is 2.25. The summed E-state index contributed by atoms with van der Waals surface area (Å²) in [6, 6.07) is 6.01. The number of rotatable bonds is 5. The minimum absolute atomic E-state index is 0.0281. The summed E-state index contributed by atoms with van der Waals surface area (Å²) >= 11 is 0. The topological polar surface area (TPSA) is 58.6 Å². The summed E-state index contributed by atoms with van der Waals surface area (Å²) in [7, 11) is 0. The largest absolute Gasteiger partial charge is 0.483 e. The first-order valence-corrected chi connectivity index (χ1v) is 7.71. The predicted octanol–water partition coefficient (Wildman–Crippen LogP) is 2.35. The van der Waals surface area contributed by atoms with E-state index in [4.69, 9.17) is 4.74 Å². The van der Waals surface area contributed by atoms with Gasteiger partial charge in [0.15, 0.2) is 6.61 Å². The lowest BCUT2D eigenvalue weighted by Crippen LogP contribution is -2.45. The molecule has 0 radical (unpaired) electrons. The van der Waals surface area contributed by atoms with Crippen LogP contribution in [0.4, 0.5) is 0 Å². The Hall–Kier alpha value is -1.55. The van der Waals surface area contributed by atoms with Gasteiger partial charge in [-0.1, -0.05) is 31.0 Å². The van der Waals surface area contributed by atoms with Crippen molar-refractivity contribution in [3.8, 4) is 5.75 Å². The van der Waals surface area contributed by atoms with Crippen molar-refractivity contribution in [3.63, 3.8) is 0 Å². The lowest BCUT2D eigenvalue weighted by molar-refractivity contribution is -0.124. The molecule has 1 fully saturated rings. The Bertz CT molecular complexity index is 467. The summed E-state index contributed by atoms with van der Waals surface area (Å²) in [5, 5.41) is 12.4. The molecular formula is C17H25NO3. The maximum Gasteiger partial charge on any atom is 0.258 e. The van der Waals surface area contributed by atoms with E-state index in [-0.39, 0.29) is 31.1 Å². The van der Waals surface area contributed by atoms with E-state index >= 15 is 0 Å². The van der Waals surface area contributed by atoms with Crippen LogP contribution >= 0.6 is 0 Å². The third-order valence-corrected chi connectivity index (χ3v) is 4.25. The van der Waals surface area contributed by atoms with E-state index in [9.17, 15) is 9.90 Å². The monoisotopic (exact) mass is 291 g/mol. The number of aliphatic hydroxyl groups excluding tert-OH is 1. The van der Waals surface area contributed by atoms with Crippen molar-refractivity contribution in [2.45, 2.75) is 45.6 Å². The van der Waals surface area contributed by atoms with E-state index in [1.165, 1.54) is 0 Å². The molecule has 1 amide bonds. The first-order chi connectivity index (χ1) is 10.1. The molecular weight excluding hydrogens is 266 g/mol.